The van der Waals surface area contributed by atoms with Crippen molar-refractivity contribution in [3.8, 4) is 0 Å². The van der Waals surface area contributed by atoms with Gasteiger partial charge in [0.25, 0.3) is 0 Å². The zero-order valence-electron chi connectivity index (χ0n) is 28.1. The van der Waals surface area contributed by atoms with Crippen LogP contribution in [0.2, 0.25) is 75.8 Å². The first-order valence-electron chi connectivity index (χ1n) is 17.9. The summed E-state index contributed by atoms with van der Waals surface area (Å²) in [4.78, 5) is 2.83. The summed E-state index contributed by atoms with van der Waals surface area (Å²) in [6, 6.07) is 0. The molecule has 0 bridgehead atoms. The summed E-state index contributed by atoms with van der Waals surface area (Å²) in [6.07, 6.45) is 30.2. The van der Waals surface area contributed by atoms with Crippen LogP contribution in [-0.2, 0) is 0 Å². The largest absolute Gasteiger partial charge is 0.303 e. The van der Waals surface area contributed by atoms with Crippen LogP contribution >= 0.6 is 0 Å². The highest BCUT2D eigenvalue weighted by molar-refractivity contribution is 6.59. The Morgan fingerprint density at radius 2 is 0.816 bits per heavy atom. The predicted molar refractivity (Wildman–Crippen MR) is 188 cm³/mol. The predicted octanol–water partition coefficient (Wildman–Crippen LogP) is 11.5. The highest BCUT2D eigenvalue weighted by Gasteiger charge is 2.13. The van der Waals surface area contributed by atoms with Crippen LogP contribution in [0.1, 0.15) is 107 Å². The topological polar surface area (TPSA) is 3.24 Å². The Morgan fingerprint density at radius 1 is 0.447 bits per heavy atom. The lowest BCUT2D eigenvalue weighted by Crippen LogP contribution is -2.28. The average Bonchev–Trinajstić information content (AvgIpc) is 2.95. The van der Waals surface area contributed by atoms with E-state index in [1.807, 2.05) is 0 Å². The molecule has 0 atom stereocenters. The first-order valence-corrected chi connectivity index (χ1v) is 17.9. The van der Waals surface area contributed by atoms with Gasteiger partial charge in [0.05, 0.1) is 0 Å². The summed E-state index contributed by atoms with van der Waals surface area (Å²) < 4.78 is 0. The van der Waals surface area contributed by atoms with Crippen LogP contribution in [0.3, 0.4) is 0 Å². The summed E-state index contributed by atoms with van der Waals surface area (Å²) in [7, 11) is 0. The van der Waals surface area contributed by atoms with Crippen LogP contribution in [0.5, 0.6) is 0 Å². The number of hydrogen-bond donors (Lipinski definition) is 0. The van der Waals surface area contributed by atoms with Gasteiger partial charge in [0.2, 0.25) is 0 Å². The van der Waals surface area contributed by atoms with Gasteiger partial charge in [-0.05, 0) is 45.2 Å². The third-order valence-electron chi connectivity index (χ3n) is 10.1. The second-order valence-corrected chi connectivity index (χ2v) is 12.6. The second kappa shape index (κ2) is 27.1. The van der Waals surface area contributed by atoms with Crippen LogP contribution in [0, 0.1) is 0 Å². The van der Waals surface area contributed by atoms with Crippen molar-refractivity contribution in [3.05, 3.63) is 11.6 Å². The molecule has 0 aromatic rings. The summed E-state index contributed by atoms with van der Waals surface area (Å²) in [6.45, 7) is 26.7. The molecule has 220 valence electrons. The van der Waals surface area contributed by atoms with Gasteiger partial charge in [0.15, 0.2) is 0 Å². The Hall–Kier alpha value is -0.0403. The maximum absolute atomic E-state index is 2.83. The quantitative estimate of drug-likeness (QED) is 0.0558. The molecule has 0 saturated carbocycles. The van der Waals surface area contributed by atoms with Gasteiger partial charge in [-0.2, -0.15) is 0 Å². The zero-order valence-corrected chi connectivity index (χ0v) is 28.1. The Bertz CT molecular complexity index is 493. The molecule has 0 spiro atoms. The fourth-order valence-electron chi connectivity index (χ4n) is 6.51. The molecule has 1 nitrogen and oxygen atoms in total. The van der Waals surface area contributed by atoms with Crippen molar-refractivity contribution in [1.29, 1.82) is 0 Å². The molecule has 0 unspecified atom stereocenters. The number of nitrogens with zero attached hydrogens (tertiary/aromatic N) is 1. The monoisotopic (exact) mass is 526 g/mol. The normalized spacial score (nSPS) is 11.9. The minimum Gasteiger partial charge on any atom is -0.303 e. The van der Waals surface area contributed by atoms with Crippen molar-refractivity contribution in [2.45, 2.75) is 183 Å². The van der Waals surface area contributed by atoms with E-state index in [0.29, 0.717) is 0 Å². The van der Waals surface area contributed by atoms with Gasteiger partial charge in [-0.1, -0.05) is 162 Å². The third kappa shape index (κ3) is 19.9. The van der Waals surface area contributed by atoms with Crippen molar-refractivity contribution < 1.29 is 0 Å². The number of allylic oxidation sites excluding steroid dienone is 1. The van der Waals surface area contributed by atoms with E-state index in [2.05, 4.69) is 66.4 Å². The van der Waals surface area contributed by atoms with Gasteiger partial charge in [-0.3, -0.25) is 0 Å². The molecule has 0 rings (SSSR count). The standard InChI is InChI=1S/C33H71B4N/c1-9-34(10-2)26-18-17-23-33(24-19-27-35(11-3)12-4)25-20-30-38(31-21-28-36(13-5)14-6)32-22-29-37(15-7)16-8/h25H,9-24,26-32H2,1-8H3/b33-25-. The molecule has 0 aliphatic rings. The van der Waals surface area contributed by atoms with E-state index in [1.165, 1.54) is 147 Å². The summed E-state index contributed by atoms with van der Waals surface area (Å²) in [5.41, 5.74) is 1.79. The van der Waals surface area contributed by atoms with Gasteiger partial charge >= 0.3 is 0 Å². The summed E-state index contributed by atoms with van der Waals surface area (Å²) in [5.74, 6) is 0. The molecule has 0 amide bonds. The lowest BCUT2D eigenvalue weighted by Gasteiger charge is -2.23. The SMILES string of the molecule is CCB(CC)CCCC/C(=C/CCN(CCCB(CC)CC)CCCB(CC)CC)CCCB(CC)CC. The van der Waals surface area contributed by atoms with Crippen molar-refractivity contribution in [3.63, 3.8) is 0 Å². The van der Waals surface area contributed by atoms with Gasteiger partial charge in [-0.25, -0.2) is 0 Å². The molecule has 0 heterocycles. The molecule has 0 aliphatic carbocycles. The Balaban J connectivity index is 4.99. The second-order valence-electron chi connectivity index (χ2n) is 12.6. The number of rotatable bonds is 28. The average molecular weight is 525 g/mol. The highest BCUT2D eigenvalue weighted by Crippen LogP contribution is 2.21. The first kappa shape index (κ1) is 38.0. The lowest BCUT2D eigenvalue weighted by atomic mass is 9.43. The van der Waals surface area contributed by atoms with Crippen LogP contribution in [0.25, 0.3) is 0 Å². The number of unbranched alkanes of at least 4 members (excludes halogenated alkanes) is 1. The highest BCUT2D eigenvalue weighted by atomic mass is 15.1. The van der Waals surface area contributed by atoms with E-state index in [-0.39, 0.29) is 0 Å². The van der Waals surface area contributed by atoms with Gasteiger partial charge in [0.1, 0.15) is 26.9 Å². The third-order valence-corrected chi connectivity index (χ3v) is 10.1. The number of hydrogen-bond acceptors (Lipinski definition) is 1. The van der Waals surface area contributed by atoms with Crippen LogP contribution < -0.4 is 0 Å². The fraction of sp³-hybridized carbons (Fsp3) is 0.939. The van der Waals surface area contributed by atoms with Crippen molar-refractivity contribution in [2.75, 3.05) is 19.6 Å². The molecule has 0 saturated heterocycles. The van der Waals surface area contributed by atoms with Crippen LogP contribution in [-0.4, -0.2) is 51.4 Å². The molecule has 0 fully saturated rings. The lowest BCUT2D eigenvalue weighted by molar-refractivity contribution is 0.279. The molecule has 0 N–H and O–H groups in total. The van der Waals surface area contributed by atoms with E-state index < -0.39 is 0 Å². The molecule has 38 heavy (non-hydrogen) atoms. The molecule has 0 radical (unpaired) electrons. The van der Waals surface area contributed by atoms with E-state index in [1.54, 1.807) is 5.57 Å². The molecule has 0 aromatic carbocycles. The van der Waals surface area contributed by atoms with Gasteiger partial charge in [-0.15, -0.1) is 0 Å². The molecule has 5 heteroatoms. The maximum atomic E-state index is 2.83. The fourth-order valence-corrected chi connectivity index (χ4v) is 6.51. The molecular formula is C33H71B4N. The van der Waals surface area contributed by atoms with Crippen LogP contribution in [0.15, 0.2) is 11.6 Å². The van der Waals surface area contributed by atoms with Crippen molar-refractivity contribution in [1.82, 2.24) is 4.90 Å². The minimum atomic E-state index is 0.933. The van der Waals surface area contributed by atoms with E-state index in [9.17, 15) is 0 Å². The van der Waals surface area contributed by atoms with Crippen molar-refractivity contribution >= 4 is 26.9 Å². The molecule has 0 aliphatic heterocycles. The maximum Gasteiger partial charge on any atom is 0.139 e. The molecule has 0 aromatic heterocycles. The molecular weight excluding hydrogens is 454 g/mol. The minimum absolute atomic E-state index is 0.933. The Labute approximate surface area is 245 Å². The summed E-state index contributed by atoms with van der Waals surface area (Å²) >= 11 is 0. The summed E-state index contributed by atoms with van der Waals surface area (Å²) in [5, 5.41) is 0. The van der Waals surface area contributed by atoms with Crippen molar-refractivity contribution in [2.24, 2.45) is 0 Å². The van der Waals surface area contributed by atoms with Gasteiger partial charge in [0, 0.05) is 6.54 Å². The van der Waals surface area contributed by atoms with E-state index in [4.69, 9.17) is 0 Å². The Kier molecular flexibility index (Phi) is 27.1. The van der Waals surface area contributed by atoms with Gasteiger partial charge < -0.3 is 4.90 Å². The zero-order chi connectivity index (χ0) is 28.4. The first-order chi connectivity index (χ1) is 18.5. The van der Waals surface area contributed by atoms with E-state index >= 15 is 0 Å². The Morgan fingerprint density at radius 3 is 1.24 bits per heavy atom. The van der Waals surface area contributed by atoms with Crippen LogP contribution in [0.4, 0.5) is 0 Å². The van der Waals surface area contributed by atoms with E-state index in [0.717, 1.165) is 26.9 Å². The smallest absolute Gasteiger partial charge is 0.139 e.